The van der Waals surface area contributed by atoms with E-state index in [2.05, 4.69) is 33.3 Å². The number of anilines is 1. The lowest BCUT2D eigenvalue weighted by atomic mass is 10.1. The van der Waals surface area contributed by atoms with Crippen molar-refractivity contribution in [3.63, 3.8) is 0 Å². The van der Waals surface area contributed by atoms with Gasteiger partial charge in [-0.25, -0.2) is 4.99 Å². The highest BCUT2D eigenvalue weighted by molar-refractivity contribution is 6.14. The lowest BCUT2D eigenvalue weighted by Crippen LogP contribution is -2.53. The van der Waals surface area contributed by atoms with Crippen molar-refractivity contribution in [1.29, 1.82) is 0 Å². The van der Waals surface area contributed by atoms with Crippen molar-refractivity contribution in [2.45, 2.75) is 19.8 Å². The molecule has 0 spiro atoms. The number of fused-ring (bicyclic) bond motifs is 2. The summed E-state index contributed by atoms with van der Waals surface area (Å²) in [4.78, 5) is 11.4. The first-order chi connectivity index (χ1) is 11.2. The Morgan fingerprint density at radius 2 is 2.13 bits per heavy atom. The van der Waals surface area contributed by atoms with Crippen LogP contribution in [0, 0.1) is 0 Å². The molecule has 0 fully saturated rings. The molecule has 3 rings (SSSR count). The van der Waals surface area contributed by atoms with Crippen LogP contribution in [-0.4, -0.2) is 48.5 Å². The maximum atomic E-state index is 9.02. The molecule has 122 valence electrons. The molecule has 2 aliphatic rings. The molecule has 1 aromatic rings. The Bertz CT molecular complexity index is 665. The standard InChI is InChI=1S/C17H23N5O/c1-3-4-10-22-17-15(12-16(20-22)18-9-11-23)21(2)14-8-6-5-7-13(14)19-17/h5-8,12,23H,3-4,9-11H2,1-2H3,(H,18,20). The molecule has 2 heterocycles. The number of benzene rings is 1. The van der Waals surface area contributed by atoms with E-state index in [0.29, 0.717) is 6.54 Å². The minimum absolute atomic E-state index is 0.0446. The van der Waals surface area contributed by atoms with Crippen molar-refractivity contribution in [2.24, 2.45) is 9.98 Å². The van der Waals surface area contributed by atoms with Crippen LogP contribution in [0.3, 0.4) is 0 Å². The SMILES string of the molecule is CCCCN1NC(=NCCO)C=C2C1=Nc1ccccc1N2C. The highest BCUT2D eigenvalue weighted by atomic mass is 16.3. The second-order valence-corrected chi connectivity index (χ2v) is 5.62. The van der Waals surface area contributed by atoms with E-state index >= 15 is 0 Å². The summed E-state index contributed by atoms with van der Waals surface area (Å²) < 4.78 is 0. The average Bonchev–Trinajstić information content (AvgIpc) is 2.58. The maximum absolute atomic E-state index is 9.02. The number of para-hydroxylation sites is 2. The van der Waals surface area contributed by atoms with Gasteiger partial charge in [0.1, 0.15) is 5.84 Å². The van der Waals surface area contributed by atoms with Gasteiger partial charge in [-0.2, -0.15) is 0 Å². The number of amidine groups is 2. The van der Waals surface area contributed by atoms with E-state index in [9.17, 15) is 0 Å². The van der Waals surface area contributed by atoms with Gasteiger partial charge in [-0.15, -0.1) is 0 Å². The van der Waals surface area contributed by atoms with Gasteiger partial charge in [-0.05, 0) is 18.6 Å². The molecule has 0 unspecified atom stereocenters. The highest BCUT2D eigenvalue weighted by Gasteiger charge is 2.30. The number of nitrogens with zero attached hydrogens (tertiary/aromatic N) is 4. The molecule has 0 amide bonds. The van der Waals surface area contributed by atoms with E-state index in [1.54, 1.807) is 0 Å². The van der Waals surface area contributed by atoms with Crippen LogP contribution in [0.25, 0.3) is 0 Å². The van der Waals surface area contributed by atoms with E-state index < -0.39 is 0 Å². The third-order valence-corrected chi connectivity index (χ3v) is 3.96. The summed E-state index contributed by atoms with van der Waals surface area (Å²) >= 11 is 0. The quantitative estimate of drug-likeness (QED) is 0.873. The van der Waals surface area contributed by atoms with Crippen LogP contribution in [0.5, 0.6) is 0 Å². The molecule has 2 aliphatic heterocycles. The molecule has 23 heavy (non-hydrogen) atoms. The van der Waals surface area contributed by atoms with Crippen LogP contribution in [0.2, 0.25) is 0 Å². The number of unbranched alkanes of at least 4 members (excludes halogenated alkanes) is 1. The lowest BCUT2D eigenvalue weighted by molar-refractivity contribution is 0.305. The number of likely N-dealkylation sites (N-methyl/N-ethyl adjacent to an activating group) is 1. The summed E-state index contributed by atoms with van der Waals surface area (Å²) in [6, 6.07) is 8.13. The predicted molar refractivity (Wildman–Crippen MR) is 94.2 cm³/mol. The van der Waals surface area contributed by atoms with Crippen LogP contribution in [0.15, 0.2) is 46.0 Å². The number of rotatable bonds is 5. The second-order valence-electron chi connectivity index (χ2n) is 5.62. The van der Waals surface area contributed by atoms with Gasteiger partial charge in [-0.3, -0.25) is 15.4 Å². The van der Waals surface area contributed by atoms with Gasteiger partial charge in [0.25, 0.3) is 0 Å². The Hall–Kier alpha value is -2.34. The molecule has 0 aliphatic carbocycles. The number of hydrazine groups is 1. The fourth-order valence-electron chi connectivity index (χ4n) is 2.74. The van der Waals surface area contributed by atoms with Crippen LogP contribution in [-0.2, 0) is 0 Å². The van der Waals surface area contributed by atoms with Gasteiger partial charge in [0, 0.05) is 19.7 Å². The van der Waals surface area contributed by atoms with Crippen LogP contribution >= 0.6 is 0 Å². The monoisotopic (exact) mass is 313 g/mol. The first-order valence-corrected chi connectivity index (χ1v) is 8.07. The zero-order valence-corrected chi connectivity index (χ0v) is 13.7. The summed E-state index contributed by atoms with van der Waals surface area (Å²) in [5.41, 5.74) is 6.39. The Morgan fingerprint density at radius 1 is 1.30 bits per heavy atom. The number of aliphatic hydroxyl groups excluding tert-OH is 1. The van der Waals surface area contributed by atoms with Crippen molar-refractivity contribution in [3.8, 4) is 0 Å². The first-order valence-electron chi connectivity index (χ1n) is 8.07. The number of hydrogen-bond acceptors (Lipinski definition) is 5. The van der Waals surface area contributed by atoms with Gasteiger partial charge in [0.2, 0.25) is 0 Å². The van der Waals surface area contributed by atoms with Crippen molar-refractivity contribution in [1.82, 2.24) is 10.4 Å². The molecule has 0 bridgehead atoms. The fraction of sp³-hybridized carbons (Fsp3) is 0.412. The van der Waals surface area contributed by atoms with E-state index in [-0.39, 0.29) is 6.61 Å². The van der Waals surface area contributed by atoms with Crippen LogP contribution < -0.4 is 10.3 Å². The Balaban J connectivity index is 2.02. The highest BCUT2D eigenvalue weighted by Crippen LogP contribution is 2.36. The summed E-state index contributed by atoms with van der Waals surface area (Å²) in [6.45, 7) is 3.47. The summed E-state index contributed by atoms with van der Waals surface area (Å²) in [5, 5.41) is 11.1. The van der Waals surface area contributed by atoms with E-state index in [1.165, 1.54) is 0 Å². The Labute approximate surface area is 136 Å². The zero-order chi connectivity index (χ0) is 16.2. The molecule has 0 radical (unpaired) electrons. The molecular weight excluding hydrogens is 290 g/mol. The number of nitrogens with one attached hydrogen (secondary N) is 1. The Morgan fingerprint density at radius 3 is 2.91 bits per heavy atom. The van der Waals surface area contributed by atoms with Crippen LogP contribution in [0.1, 0.15) is 19.8 Å². The lowest BCUT2D eigenvalue weighted by Gasteiger charge is -2.38. The van der Waals surface area contributed by atoms with Gasteiger partial charge in [-0.1, -0.05) is 25.5 Å². The van der Waals surface area contributed by atoms with Crippen LogP contribution in [0.4, 0.5) is 11.4 Å². The topological polar surface area (TPSA) is 63.5 Å². The fourth-order valence-corrected chi connectivity index (χ4v) is 2.74. The Kier molecular flexibility index (Phi) is 4.62. The maximum Gasteiger partial charge on any atom is 0.172 e. The van der Waals surface area contributed by atoms with Gasteiger partial charge < -0.3 is 10.0 Å². The number of aliphatic imine (C=N–C) groups is 2. The predicted octanol–water partition coefficient (Wildman–Crippen LogP) is 2.06. The van der Waals surface area contributed by atoms with Gasteiger partial charge in [0.05, 0.1) is 30.2 Å². The van der Waals surface area contributed by atoms with E-state index in [0.717, 1.165) is 48.1 Å². The van der Waals surface area contributed by atoms with Crippen molar-refractivity contribution in [2.75, 3.05) is 31.6 Å². The molecule has 0 aromatic heterocycles. The molecule has 0 saturated carbocycles. The largest absolute Gasteiger partial charge is 0.394 e. The molecule has 0 atom stereocenters. The molecule has 0 saturated heterocycles. The van der Waals surface area contributed by atoms with Gasteiger partial charge in [0.15, 0.2) is 5.84 Å². The first kappa shape index (κ1) is 15.6. The normalized spacial score (nSPS) is 18.1. The smallest absolute Gasteiger partial charge is 0.172 e. The number of aliphatic hydroxyl groups is 1. The summed E-state index contributed by atoms with van der Waals surface area (Å²) in [6.07, 6.45) is 4.17. The third-order valence-electron chi connectivity index (χ3n) is 3.96. The van der Waals surface area contributed by atoms with Gasteiger partial charge >= 0.3 is 0 Å². The third kappa shape index (κ3) is 3.07. The molecule has 6 heteroatoms. The zero-order valence-electron chi connectivity index (χ0n) is 13.7. The summed E-state index contributed by atoms with van der Waals surface area (Å²) in [7, 11) is 2.05. The van der Waals surface area contributed by atoms with Crippen molar-refractivity contribution in [3.05, 3.63) is 36.0 Å². The average molecular weight is 313 g/mol. The number of hydrogen-bond donors (Lipinski definition) is 2. The summed E-state index contributed by atoms with van der Waals surface area (Å²) in [5.74, 6) is 1.68. The minimum Gasteiger partial charge on any atom is -0.394 e. The second kappa shape index (κ2) is 6.83. The molecule has 2 N–H and O–H groups in total. The van der Waals surface area contributed by atoms with Crippen molar-refractivity contribution >= 4 is 23.0 Å². The molecule has 1 aromatic carbocycles. The molecule has 6 nitrogen and oxygen atoms in total. The van der Waals surface area contributed by atoms with E-state index in [1.807, 2.05) is 31.3 Å². The van der Waals surface area contributed by atoms with E-state index in [4.69, 9.17) is 10.1 Å². The van der Waals surface area contributed by atoms with Crippen molar-refractivity contribution < 1.29 is 5.11 Å². The minimum atomic E-state index is 0.0446. The molecular formula is C17H23N5O.